The number of sulfonamides is 2. The monoisotopic (exact) mass is 485 g/mol. The molecule has 1 aromatic heterocycles. The van der Waals surface area contributed by atoms with Crippen LogP contribution in [0.3, 0.4) is 0 Å². The van der Waals surface area contributed by atoms with Crippen LogP contribution in [-0.4, -0.2) is 45.0 Å². The number of hydrogen-bond donors (Lipinski definition) is 0. The van der Waals surface area contributed by atoms with Gasteiger partial charge in [-0.15, -0.1) is 0 Å². The number of anilines is 1. The minimum Gasteiger partial charge on any atom is -0.270 e. The highest BCUT2D eigenvalue weighted by atomic mass is 32.2. The summed E-state index contributed by atoms with van der Waals surface area (Å²) >= 11 is 0. The number of benzene rings is 2. The van der Waals surface area contributed by atoms with E-state index >= 15 is 0 Å². The van der Waals surface area contributed by atoms with Gasteiger partial charge in [-0.1, -0.05) is 36.4 Å². The Bertz CT molecular complexity index is 1260. The summed E-state index contributed by atoms with van der Waals surface area (Å²) in [5.41, 5.74) is 2.20. The Balaban J connectivity index is 1.59. The van der Waals surface area contributed by atoms with E-state index in [1.807, 2.05) is 36.4 Å². The highest BCUT2D eigenvalue weighted by Gasteiger charge is 2.28. The fraction of sp³-hybridized carbons (Fsp3) is 0.292. The van der Waals surface area contributed by atoms with Gasteiger partial charge in [0.25, 0.3) is 0 Å². The average Bonchev–Trinajstić information content (AvgIpc) is 2.83. The summed E-state index contributed by atoms with van der Waals surface area (Å²) in [5, 5.41) is 0. The fourth-order valence-electron chi connectivity index (χ4n) is 3.87. The average molecular weight is 486 g/mol. The van der Waals surface area contributed by atoms with Gasteiger partial charge in [0.1, 0.15) is 0 Å². The minimum absolute atomic E-state index is 0.115. The normalized spacial score (nSPS) is 16.1. The zero-order valence-corrected chi connectivity index (χ0v) is 19.9. The topological polar surface area (TPSA) is 87.7 Å². The largest absolute Gasteiger partial charge is 0.270 e. The van der Waals surface area contributed by atoms with Crippen LogP contribution in [0.2, 0.25) is 0 Å². The highest BCUT2D eigenvalue weighted by molar-refractivity contribution is 7.92. The van der Waals surface area contributed by atoms with E-state index in [0.29, 0.717) is 37.3 Å². The van der Waals surface area contributed by atoms with Crippen LogP contribution in [0, 0.1) is 0 Å². The van der Waals surface area contributed by atoms with Gasteiger partial charge in [0, 0.05) is 19.3 Å². The second-order valence-corrected chi connectivity index (χ2v) is 11.9. The molecule has 3 aromatic rings. The summed E-state index contributed by atoms with van der Waals surface area (Å²) in [7, 11) is -7.18. The Morgan fingerprint density at radius 2 is 1.64 bits per heavy atom. The quantitative estimate of drug-likeness (QED) is 0.488. The van der Waals surface area contributed by atoms with E-state index in [2.05, 4.69) is 4.98 Å². The molecule has 33 heavy (non-hydrogen) atoms. The van der Waals surface area contributed by atoms with Crippen LogP contribution in [0.4, 0.5) is 5.69 Å². The number of pyridine rings is 1. The van der Waals surface area contributed by atoms with E-state index in [9.17, 15) is 16.8 Å². The molecule has 4 rings (SSSR count). The number of hydrogen-bond acceptors (Lipinski definition) is 5. The molecule has 0 saturated carbocycles. The lowest BCUT2D eigenvalue weighted by molar-refractivity contribution is 0.405. The molecule has 9 heteroatoms. The van der Waals surface area contributed by atoms with Gasteiger partial charge in [-0.25, -0.2) is 16.8 Å². The van der Waals surface area contributed by atoms with Crippen molar-refractivity contribution in [2.75, 3.05) is 23.1 Å². The molecule has 0 spiro atoms. The summed E-state index contributed by atoms with van der Waals surface area (Å²) in [4.78, 5) is 4.42. The van der Waals surface area contributed by atoms with Gasteiger partial charge in [0.15, 0.2) is 0 Å². The Hall–Kier alpha value is -2.75. The van der Waals surface area contributed by atoms with Crippen LogP contribution in [0.25, 0.3) is 0 Å². The predicted octanol–water partition coefficient (Wildman–Crippen LogP) is 3.45. The maximum absolute atomic E-state index is 13.5. The molecule has 174 valence electrons. The van der Waals surface area contributed by atoms with Crippen LogP contribution < -0.4 is 4.31 Å². The highest BCUT2D eigenvalue weighted by Crippen LogP contribution is 2.26. The van der Waals surface area contributed by atoms with Crippen molar-refractivity contribution in [3.63, 3.8) is 0 Å². The summed E-state index contributed by atoms with van der Waals surface area (Å²) in [6, 6.07) is 21.3. The first kappa shape index (κ1) is 23.4. The fourth-order valence-corrected chi connectivity index (χ4v) is 6.92. The van der Waals surface area contributed by atoms with E-state index < -0.39 is 20.0 Å². The summed E-state index contributed by atoms with van der Waals surface area (Å²) in [6.07, 6.45) is 3.65. The second-order valence-electron chi connectivity index (χ2n) is 7.98. The van der Waals surface area contributed by atoms with Crippen LogP contribution in [0.5, 0.6) is 0 Å². The maximum Gasteiger partial charge on any atom is 0.243 e. The van der Waals surface area contributed by atoms with Gasteiger partial charge in [-0.05, 0) is 61.2 Å². The van der Waals surface area contributed by atoms with Gasteiger partial charge in [-0.2, -0.15) is 4.31 Å². The Kier molecular flexibility index (Phi) is 7.11. The Labute approximate surface area is 195 Å². The molecular formula is C24H27N3O4S2. The van der Waals surface area contributed by atoms with Gasteiger partial charge in [-0.3, -0.25) is 9.29 Å². The molecule has 1 saturated heterocycles. The van der Waals surface area contributed by atoms with E-state index in [1.54, 1.807) is 30.5 Å². The third kappa shape index (κ3) is 5.61. The Morgan fingerprint density at radius 3 is 2.30 bits per heavy atom. The van der Waals surface area contributed by atoms with Crippen LogP contribution in [0.1, 0.15) is 24.1 Å². The molecule has 1 fully saturated rings. The molecule has 0 bridgehead atoms. The zero-order chi connectivity index (χ0) is 23.3. The lowest BCUT2D eigenvalue weighted by Crippen LogP contribution is -2.37. The first-order valence-corrected chi connectivity index (χ1v) is 14.0. The summed E-state index contributed by atoms with van der Waals surface area (Å²) in [5.74, 6) is 0.115. The number of rotatable bonds is 8. The minimum atomic E-state index is -3.82. The van der Waals surface area contributed by atoms with Crippen molar-refractivity contribution in [1.82, 2.24) is 9.29 Å². The number of aromatic nitrogens is 1. The standard InChI is InChI=1S/C24H27N3O4S2/c28-32(29)19-7-6-17-27(32)23-11-13-24(14-12-23)33(30,31)26(20-22-10-4-5-16-25-22)18-15-21-8-2-1-3-9-21/h1-5,8-14,16H,6-7,15,17-20H2. The third-order valence-corrected chi connectivity index (χ3v) is 9.40. The van der Waals surface area contributed by atoms with Gasteiger partial charge in [0.2, 0.25) is 20.0 Å². The van der Waals surface area contributed by atoms with Crippen molar-refractivity contribution >= 4 is 25.7 Å². The van der Waals surface area contributed by atoms with Crippen LogP contribution in [0.15, 0.2) is 83.9 Å². The van der Waals surface area contributed by atoms with Crippen molar-refractivity contribution in [1.29, 1.82) is 0 Å². The molecule has 0 amide bonds. The molecule has 0 N–H and O–H groups in total. The lowest BCUT2D eigenvalue weighted by Gasteiger charge is -2.28. The van der Waals surface area contributed by atoms with Crippen LogP contribution in [-0.2, 0) is 33.0 Å². The molecule has 0 atom stereocenters. The summed E-state index contributed by atoms with van der Waals surface area (Å²) < 4.78 is 54.6. The summed E-state index contributed by atoms with van der Waals surface area (Å²) in [6.45, 7) is 0.862. The van der Waals surface area contributed by atoms with Gasteiger partial charge in [0.05, 0.1) is 28.6 Å². The third-order valence-electron chi connectivity index (χ3n) is 5.67. The maximum atomic E-state index is 13.5. The smallest absolute Gasteiger partial charge is 0.243 e. The van der Waals surface area contributed by atoms with Crippen molar-refractivity contribution in [2.45, 2.75) is 30.7 Å². The zero-order valence-electron chi connectivity index (χ0n) is 18.2. The number of nitrogens with zero attached hydrogens (tertiary/aromatic N) is 3. The molecule has 7 nitrogen and oxygen atoms in total. The molecule has 0 radical (unpaired) electrons. The first-order chi connectivity index (χ1) is 15.9. The molecule has 0 aliphatic carbocycles. The van der Waals surface area contributed by atoms with E-state index in [4.69, 9.17) is 0 Å². The molecule has 0 unspecified atom stereocenters. The molecule has 1 aliphatic heterocycles. The van der Waals surface area contributed by atoms with Crippen molar-refractivity contribution in [3.8, 4) is 0 Å². The van der Waals surface area contributed by atoms with Gasteiger partial charge < -0.3 is 0 Å². The van der Waals surface area contributed by atoms with E-state index in [1.165, 1.54) is 20.7 Å². The first-order valence-electron chi connectivity index (χ1n) is 10.9. The van der Waals surface area contributed by atoms with E-state index in [-0.39, 0.29) is 17.2 Å². The predicted molar refractivity (Wildman–Crippen MR) is 129 cm³/mol. The lowest BCUT2D eigenvalue weighted by atomic mass is 10.1. The van der Waals surface area contributed by atoms with Gasteiger partial charge >= 0.3 is 0 Å². The van der Waals surface area contributed by atoms with Crippen molar-refractivity contribution in [3.05, 3.63) is 90.3 Å². The molecule has 2 aromatic carbocycles. The molecule has 1 aliphatic rings. The van der Waals surface area contributed by atoms with E-state index in [0.717, 1.165) is 12.0 Å². The second kappa shape index (κ2) is 10.0. The molecular weight excluding hydrogens is 458 g/mol. The van der Waals surface area contributed by atoms with Crippen LogP contribution >= 0.6 is 0 Å². The van der Waals surface area contributed by atoms with Crippen molar-refractivity contribution in [2.24, 2.45) is 0 Å². The van der Waals surface area contributed by atoms with Crippen molar-refractivity contribution < 1.29 is 16.8 Å². The Morgan fingerprint density at radius 1 is 0.909 bits per heavy atom. The molecule has 2 heterocycles. The SMILES string of the molecule is O=S1(=O)CCCCN1c1ccc(S(=O)(=O)N(CCc2ccccc2)Cc2ccccn2)cc1.